The first-order valence-electron chi connectivity index (χ1n) is 10.4. The van der Waals surface area contributed by atoms with Crippen LogP contribution >= 0.6 is 11.8 Å². The van der Waals surface area contributed by atoms with Crippen LogP contribution in [-0.2, 0) is 16.3 Å². The minimum atomic E-state index is -3.84. The summed E-state index contributed by atoms with van der Waals surface area (Å²) in [5, 5.41) is 18.4. The van der Waals surface area contributed by atoms with Crippen LogP contribution in [0.3, 0.4) is 0 Å². The predicted octanol–water partition coefficient (Wildman–Crippen LogP) is 5.30. The Balaban J connectivity index is 2.39. The highest BCUT2D eigenvalue weighted by Crippen LogP contribution is 2.42. The van der Waals surface area contributed by atoms with Crippen molar-refractivity contribution in [3.63, 3.8) is 0 Å². The molecule has 0 saturated carbocycles. The number of hydrogen-bond acceptors (Lipinski definition) is 5. The van der Waals surface area contributed by atoms with Crippen molar-refractivity contribution in [2.75, 3.05) is 5.32 Å². The van der Waals surface area contributed by atoms with Crippen molar-refractivity contribution in [3.8, 4) is 5.75 Å². The van der Waals surface area contributed by atoms with Gasteiger partial charge in [-0.05, 0) is 55.5 Å². The Hall–Kier alpha value is -1.76. The van der Waals surface area contributed by atoms with Gasteiger partial charge in [-0.1, -0.05) is 27.2 Å². The molecule has 1 aliphatic rings. The molecular weight excluding hydrogens is 479 g/mol. The van der Waals surface area contributed by atoms with Crippen molar-refractivity contribution in [1.29, 1.82) is 0 Å². The summed E-state index contributed by atoms with van der Waals surface area (Å²) in [7, 11) is -3.84. The van der Waals surface area contributed by atoms with Crippen LogP contribution in [0.4, 0.5) is 23.7 Å². The lowest BCUT2D eigenvalue weighted by Gasteiger charge is -2.21. The summed E-state index contributed by atoms with van der Waals surface area (Å²) in [4.78, 5) is 12.9. The van der Waals surface area contributed by atoms with Crippen LogP contribution in [0.25, 0.3) is 0 Å². The number of urea groups is 1. The van der Waals surface area contributed by atoms with Gasteiger partial charge < -0.3 is 15.2 Å². The molecule has 0 aromatic heterocycles. The molecular formula is C21H30F3N3O4S2. The second-order valence-electron chi connectivity index (χ2n) is 8.49. The van der Waals surface area contributed by atoms with Crippen molar-refractivity contribution < 1.29 is 32.0 Å². The molecule has 33 heavy (non-hydrogen) atoms. The van der Waals surface area contributed by atoms with Crippen LogP contribution in [-0.4, -0.2) is 38.3 Å². The number of allylic oxidation sites excluding steroid dienone is 1. The van der Waals surface area contributed by atoms with E-state index < -0.39 is 38.9 Å². The third kappa shape index (κ3) is 7.11. The third-order valence-corrected chi connectivity index (χ3v) is 8.67. The van der Waals surface area contributed by atoms with Gasteiger partial charge in [0, 0.05) is 10.6 Å². The SMILES string of the molecule is CCCc1cc(OC(F)F)cc(C(C)C)c1NC(=O)N=S(N)(=O)C1SC(C(C)(C)O)=CC1F. The summed E-state index contributed by atoms with van der Waals surface area (Å²) in [5.74, 6) is -0.221. The van der Waals surface area contributed by atoms with Crippen molar-refractivity contribution in [2.24, 2.45) is 9.50 Å². The molecule has 0 spiro atoms. The van der Waals surface area contributed by atoms with Gasteiger partial charge >= 0.3 is 12.6 Å². The minimum Gasteiger partial charge on any atom is -0.435 e. The number of carbonyl (C=O) groups is 1. The number of hydrogen-bond donors (Lipinski definition) is 3. The molecule has 3 unspecified atom stereocenters. The number of aliphatic hydroxyl groups is 1. The van der Waals surface area contributed by atoms with Crippen molar-refractivity contribution in [1.82, 2.24) is 0 Å². The number of rotatable bonds is 8. The van der Waals surface area contributed by atoms with Gasteiger partial charge in [0.25, 0.3) is 0 Å². The Morgan fingerprint density at radius 2 is 2.03 bits per heavy atom. The Kier molecular flexibility index (Phi) is 8.88. The fourth-order valence-corrected chi connectivity index (χ4v) is 6.12. The fourth-order valence-electron chi connectivity index (χ4n) is 3.31. The number of alkyl halides is 3. The van der Waals surface area contributed by atoms with E-state index in [0.717, 1.165) is 17.8 Å². The van der Waals surface area contributed by atoms with Gasteiger partial charge in [0.15, 0.2) is 0 Å². The van der Waals surface area contributed by atoms with E-state index in [1.807, 2.05) is 20.8 Å². The maximum Gasteiger partial charge on any atom is 0.387 e. The van der Waals surface area contributed by atoms with Crippen LogP contribution in [0.1, 0.15) is 58.1 Å². The molecule has 2 rings (SSSR count). The molecule has 1 aromatic carbocycles. The van der Waals surface area contributed by atoms with E-state index in [1.165, 1.54) is 26.0 Å². The average Bonchev–Trinajstić information content (AvgIpc) is 3.05. The van der Waals surface area contributed by atoms with Gasteiger partial charge in [-0.3, -0.25) is 0 Å². The maximum atomic E-state index is 14.5. The lowest BCUT2D eigenvalue weighted by Crippen LogP contribution is -2.32. The van der Waals surface area contributed by atoms with Crippen molar-refractivity contribution >= 4 is 33.4 Å². The van der Waals surface area contributed by atoms with Gasteiger partial charge in [0.2, 0.25) is 0 Å². The standard InChI is InChI=1S/C21H30F3N3O4S2/c1-6-7-12-8-13(31-19(23)24)9-14(11(2)3)17(12)26-20(28)27-33(25,30)18-15(22)10-16(32-18)21(4,5)29/h8-11,15,18-19,29H,6-7H2,1-5H3,(H3,25,26,27,28,30). The van der Waals surface area contributed by atoms with Gasteiger partial charge in [0.05, 0.1) is 5.60 Å². The summed E-state index contributed by atoms with van der Waals surface area (Å²) in [6.07, 6.45) is 0.445. The van der Waals surface area contributed by atoms with E-state index in [0.29, 0.717) is 29.7 Å². The number of thioether (sulfide) groups is 1. The number of carbonyl (C=O) groups excluding carboxylic acids is 1. The molecule has 1 heterocycles. The molecule has 2 amide bonds. The van der Waals surface area contributed by atoms with Crippen LogP contribution < -0.4 is 15.2 Å². The van der Waals surface area contributed by atoms with Crippen LogP contribution in [0.2, 0.25) is 0 Å². The average molecular weight is 510 g/mol. The molecule has 3 atom stereocenters. The highest BCUT2D eigenvalue weighted by atomic mass is 32.3. The number of nitrogens with two attached hydrogens (primary N) is 1. The molecule has 0 fully saturated rings. The molecule has 0 radical (unpaired) electrons. The highest BCUT2D eigenvalue weighted by molar-refractivity contribution is 8.16. The van der Waals surface area contributed by atoms with Crippen molar-refractivity contribution in [2.45, 2.75) is 76.3 Å². The van der Waals surface area contributed by atoms with E-state index in [-0.39, 0.29) is 16.6 Å². The van der Waals surface area contributed by atoms with E-state index in [4.69, 9.17) is 5.14 Å². The third-order valence-electron chi connectivity index (χ3n) is 4.80. The highest BCUT2D eigenvalue weighted by Gasteiger charge is 2.40. The zero-order chi connectivity index (χ0) is 25.1. The monoisotopic (exact) mass is 509 g/mol. The predicted molar refractivity (Wildman–Crippen MR) is 126 cm³/mol. The quantitative estimate of drug-likeness (QED) is 0.440. The maximum absolute atomic E-state index is 14.5. The number of nitrogens with one attached hydrogen (secondary N) is 1. The number of anilines is 1. The zero-order valence-electron chi connectivity index (χ0n) is 19.1. The Morgan fingerprint density at radius 1 is 1.39 bits per heavy atom. The molecule has 0 saturated heterocycles. The van der Waals surface area contributed by atoms with E-state index >= 15 is 0 Å². The first-order chi connectivity index (χ1) is 15.2. The summed E-state index contributed by atoms with van der Waals surface area (Å²) in [5.41, 5.74) is 0.0398. The van der Waals surface area contributed by atoms with E-state index in [1.54, 1.807) is 0 Å². The topological polar surface area (TPSA) is 114 Å². The molecule has 1 aliphatic heterocycles. The van der Waals surface area contributed by atoms with E-state index in [9.17, 15) is 27.3 Å². The smallest absolute Gasteiger partial charge is 0.387 e. The van der Waals surface area contributed by atoms with Crippen LogP contribution in [0.15, 0.2) is 27.5 Å². The molecule has 12 heteroatoms. The van der Waals surface area contributed by atoms with Gasteiger partial charge in [-0.25, -0.2) is 18.5 Å². The Bertz CT molecular complexity index is 1030. The summed E-state index contributed by atoms with van der Waals surface area (Å²) >= 11 is 0.782. The number of benzene rings is 1. The number of aryl methyl sites for hydroxylation is 1. The minimum absolute atomic E-state index is 0.0393. The second-order valence-corrected chi connectivity index (χ2v) is 11.9. The molecule has 186 valence electrons. The summed E-state index contributed by atoms with van der Waals surface area (Å²) in [6.45, 7) is 5.40. The first kappa shape index (κ1) is 27.5. The number of amides is 2. The van der Waals surface area contributed by atoms with Gasteiger partial charge in [0.1, 0.15) is 26.4 Å². The number of ether oxygens (including phenoxy) is 1. The van der Waals surface area contributed by atoms with E-state index in [2.05, 4.69) is 14.4 Å². The number of nitrogens with zero attached hydrogens (tertiary/aromatic N) is 1. The zero-order valence-corrected chi connectivity index (χ0v) is 20.7. The van der Waals surface area contributed by atoms with Crippen LogP contribution in [0, 0.1) is 0 Å². The summed E-state index contributed by atoms with van der Waals surface area (Å²) in [6, 6.07) is 1.75. The van der Waals surface area contributed by atoms with Crippen LogP contribution in [0.5, 0.6) is 5.75 Å². The van der Waals surface area contributed by atoms with Crippen molar-refractivity contribution in [3.05, 3.63) is 34.2 Å². The normalized spacial score (nSPS) is 20.5. The Labute approximate surface area is 196 Å². The second kappa shape index (κ2) is 10.7. The van der Waals surface area contributed by atoms with Gasteiger partial charge in [-0.15, -0.1) is 16.1 Å². The lowest BCUT2D eigenvalue weighted by atomic mass is 9.95. The molecule has 0 aliphatic carbocycles. The fraction of sp³-hybridized carbons (Fsp3) is 0.571. The Morgan fingerprint density at radius 3 is 2.52 bits per heavy atom. The lowest BCUT2D eigenvalue weighted by molar-refractivity contribution is -0.0499. The number of halogens is 3. The largest absolute Gasteiger partial charge is 0.435 e. The van der Waals surface area contributed by atoms with Gasteiger partial charge in [-0.2, -0.15) is 8.78 Å². The molecule has 4 N–H and O–H groups in total. The summed E-state index contributed by atoms with van der Waals surface area (Å²) < 4.78 is 59.7. The first-order valence-corrected chi connectivity index (χ1v) is 12.9. The molecule has 7 nitrogen and oxygen atoms in total. The molecule has 1 aromatic rings. The molecule has 0 bridgehead atoms.